The number of aryl methyl sites for hydroxylation is 2. The highest BCUT2D eigenvalue weighted by Crippen LogP contribution is 2.25. The molecule has 0 aliphatic carbocycles. The molecule has 0 bridgehead atoms. The second kappa shape index (κ2) is 7.10. The summed E-state index contributed by atoms with van der Waals surface area (Å²) >= 11 is 0. The first-order chi connectivity index (χ1) is 10.8. The van der Waals surface area contributed by atoms with Crippen LogP contribution >= 0.6 is 0 Å². The fourth-order valence-corrected chi connectivity index (χ4v) is 3.41. The molecule has 0 amide bonds. The van der Waals surface area contributed by atoms with Crippen LogP contribution in [0.3, 0.4) is 0 Å². The number of likely N-dealkylation sites (tertiary alicyclic amines) is 1. The van der Waals surface area contributed by atoms with Crippen molar-refractivity contribution in [1.82, 2.24) is 14.7 Å². The van der Waals surface area contributed by atoms with Crippen molar-refractivity contribution >= 4 is 0 Å². The minimum atomic E-state index is 0.585. The highest BCUT2D eigenvalue weighted by molar-refractivity contribution is 5.15. The Hall–Kier alpha value is -1.61. The third-order valence-electron chi connectivity index (χ3n) is 4.74. The molecule has 2 heterocycles. The molecule has 3 nitrogen and oxygen atoms in total. The van der Waals surface area contributed by atoms with E-state index in [2.05, 4.69) is 59.8 Å². The topological polar surface area (TPSA) is 21.1 Å². The normalized spacial score (nSPS) is 17.0. The summed E-state index contributed by atoms with van der Waals surface area (Å²) in [4.78, 5) is 2.57. The number of rotatable bonds is 5. The Kier molecular flexibility index (Phi) is 4.94. The molecule has 3 heteroatoms. The van der Waals surface area contributed by atoms with Crippen molar-refractivity contribution in [2.24, 2.45) is 0 Å². The van der Waals surface area contributed by atoms with Crippen LogP contribution in [0.25, 0.3) is 0 Å². The highest BCUT2D eigenvalue weighted by Gasteiger charge is 2.23. The number of hydrogen-bond acceptors (Lipinski definition) is 2. The molecule has 118 valence electrons. The lowest BCUT2D eigenvalue weighted by Crippen LogP contribution is -2.34. The first-order valence-corrected chi connectivity index (χ1v) is 8.63. The maximum atomic E-state index is 4.83. The van der Waals surface area contributed by atoms with Gasteiger partial charge in [0.2, 0.25) is 0 Å². The van der Waals surface area contributed by atoms with Crippen LogP contribution in [0.5, 0.6) is 0 Å². The predicted octanol–water partition coefficient (Wildman–Crippen LogP) is 3.85. The van der Waals surface area contributed by atoms with Crippen LogP contribution in [0, 0.1) is 0 Å². The minimum absolute atomic E-state index is 0.585. The molecule has 0 N–H and O–H groups in total. The molecule has 0 unspecified atom stereocenters. The Morgan fingerprint density at radius 1 is 1.05 bits per heavy atom. The average Bonchev–Trinajstić information content (AvgIpc) is 3.00. The van der Waals surface area contributed by atoms with E-state index in [1.165, 1.54) is 42.9 Å². The summed E-state index contributed by atoms with van der Waals surface area (Å²) in [6.07, 6.45) is 4.54. The first-order valence-electron chi connectivity index (χ1n) is 8.63. The van der Waals surface area contributed by atoms with E-state index in [1.807, 2.05) is 0 Å². The second-order valence-electron chi connectivity index (χ2n) is 6.27. The molecule has 1 saturated heterocycles. The Morgan fingerprint density at radius 2 is 1.77 bits per heavy atom. The highest BCUT2D eigenvalue weighted by atomic mass is 15.3. The van der Waals surface area contributed by atoms with Crippen LogP contribution < -0.4 is 0 Å². The van der Waals surface area contributed by atoms with E-state index in [9.17, 15) is 0 Å². The summed E-state index contributed by atoms with van der Waals surface area (Å²) in [5.41, 5.74) is 4.06. The zero-order valence-corrected chi connectivity index (χ0v) is 13.8. The summed E-state index contributed by atoms with van der Waals surface area (Å²) in [6.45, 7) is 7.84. The second-order valence-corrected chi connectivity index (χ2v) is 6.27. The molecule has 1 aromatic carbocycles. The Balaban J connectivity index is 1.61. The summed E-state index contributed by atoms with van der Waals surface area (Å²) in [5.74, 6) is 0. The maximum absolute atomic E-state index is 4.83. The quantitative estimate of drug-likeness (QED) is 0.836. The van der Waals surface area contributed by atoms with Crippen LogP contribution in [-0.4, -0.2) is 27.8 Å². The molecule has 3 rings (SSSR count). The third-order valence-corrected chi connectivity index (χ3v) is 4.74. The molecule has 1 aromatic heterocycles. The van der Waals surface area contributed by atoms with Gasteiger partial charge in [-0.2, -0.15) is 5.10 Å². The van der Waals surface area contributed by atoms with Crippen molar-refractivity contribution in [3.63, 3.8) is 0 Å². The Morgan fingerprint density at radius 3 is 2.41 bits per heavy atom. The van der Waals surface area contributed by atoms with E-state index in [-0.39, 0.29) is 0 Å². The van der Waals surface area contributed by atoms with E-state index in [0.717, 1.165) is 19.4 Å². The lowest BCUT2D eigenvalue weighted by atomic mass is 10.0. The molecule has 0 spiro atoms. The molecule has 0 saturated carbocycles. The average molecular weight is 297 g/mol. The van der Waals surface area contributed by atoms with Gasteiger partial charge in [0.25, 0.3) is 0 Å². The van der Waals surface area contributed by atoms with Gasteiger partial charge < -0.3 is 0 Å². The Bertz CT molecular complexity index is 580. The number of nitrogens with zero attached hydrogens (tertiary/aromatic N) is 3. The van der Waals surface area contributed by atoms with Gasteiger partial charge in [0, 0.05) is 25.3 Å². The molecule has 1 aliphatic heterocycles. The van der Waals surface area contributed by atoms with Gasteiger partial charge in [0.1, 0.15) is 0 Å². The van der Waals surface area contributed by atoms with Gasteiger partial charge in [-0.3, -0.25) is 9.58 Å². The maximum Gasteiger partial charge on any atom is 0.0624 e. The zero-order valence-electron chi connectivity index (χ0n) is 13.8. The SMILES string of the molecule is CCc1cc(CC)n(C2CCN(Cc3ccccc3)CC2)n1. The molecular weight excluding hydrogens is 270 g/mol. The number of benzene rings is 1. The molecule has 2 aromatic rings. The van der Waals surface area contributed by atoms with E-state index in [4.69, 9.17) is 5.10 Å². The molecular formula is C19H27N3. The third kappa shape index (κ3) is 3.41. The summed E-state index contributed by atoms with van der Waals surface area (Å²) < 4.78 is 2.32. The van der Waals surface area contributed by atoms with Gasteiger partial charge in [0.05, 0.1) is 11.7 Å². The molecule has 1 aliphatic rings. The number of piperidine rings is 1. The van der Waals surface area contributed by atoms with Crippen molar-refractivity contribution < 1.29 is 0 Å². The zero-order chi connectivity index (χ0) is 15.4. The fourth-order valence-electron chi connectivity index (χ4n) is 3.41. The van der Waals surface area contributed by atoms with Gasteiger partial charge >= 0.3 is 0 Å². The van der Waals surface area contributed by atoms with Gasteiger partial charge in [-0.25, -0.2) is 0 Å². The molecule has 1 fully saturated rings. The van der Waals surface area contributed by atoms with Crippen molar-refractivity contribution in [2.75, 3.05) is 13.1 Å². The monoisotopic (exact) mass is 297 g/mol. The van der Waals surface area contributed by atoms with E-state index >= 15 is 0 Å². The van der Waals surface area contributed by atoms with E-state index in [0.29, 0.717) is 6.04 Å². The van der Waals surface area contributed by atoms with Crippen molar-refractivity contribution in [1.29, 1.82) is 0 Å². The van der Waals surface area contributed by atoms with Crippen molar-refractivity contribution in [2.45, 2.75) is 52.1 Å². The van der Waals surface area contributed by atoms with E-state index < -0.39 is 0 Å². The Labute approximate surface area is 133 Å². The summed E-state index contributed by atoms with van der Waals surface area (Å²) in [7, 11) is 0. The van der Waals surface area contributed by atoms with Gasteiger partial charge in [-0.15, -0.1) is 0 Å². The van der Waals surface area contributed by atoms with Crippen LogP contribution in [0.4, 0.5) is 0 Å². The van der Waals surface area contributed by atoms with E-state index in [1.54, 1.807) is 0 Å². The van der Waals surface area contributed by atoms with Crippen LogP contribution in [0.15, 0.2) is 36.4 Å². The minimum Gasteiger partial charge on any atom is -0.299 e. The van der Waals surface area contributed by atoms with Crippen LogP contribution in [0.2, 0.25) is 0 Å². The van der Waals surface area contributed by atoms with Gasteiger partial charge in [-0.1, -0.05) is 44.2 Å². The number of aromatic nitrogens is 2. The van der Waals surface area contributed by atoms with Gasteiger partial charge in [-0.05, 0) is 37.3 Å². The lowest BCUT2D eigenvalue weighted by Gasteiger charge is -2.32. The van der Waals surface area contributed by atoms with Crippen molar-refractivity contribution in [3.8, 4) is 0 Å². The number of hydrogen-bond donors (Lipinski definition) is 0. The van der Waals surface area contributed by atoms with Crippen molar-refractivity contribution in [3.05, 3.63) is 53.3 Å². The predicted molar refractivity (Wildman–Crippen MR) is 91.0 cm³/mol. The van der Waals surface area contributed by atoms with Gasteiger partial charge in [0.15, 0.2) is 0 Å². The molecule has 22 heavy (non-hydrogen) atoms. The smallest absolute Gasteiger partial charge is 0.0624 e. The van der Waals surface area contributed by atoms with Crippen LogP contribution in [-0.2, 0) is 19.4 Å². The first kappa shape index (κ1) is 15.3. The summed E-state index contributed by atoms with van der Waals surface area (Å²) in [5, 5.41) is 4.83. The fraction of sp³-hybridized carbons (Fsp3) is 0.526. The molecule has 0 atom stereocenters. The summed E-state index contributed by atoms with van der Waals surface area (Å²) in [6, 6.07) is 13.7. The van der Waals surface area contributed by atoms with Crippen LogP contribution in [0.1, 0.15) is 49.7 Å². The molecule has 0 radical (unpaired) electrons. The standard InChI is InChI=1S/C19H27N3/c1-3-17-14-18(4-2)22(20-17)19-10-12-21(13-11-19)15-16-8-6-5-7-9-16/h5-9,14,19H,3-4,10-13,15H2,1-2H3. The largest absolute Gasteiger partial charge is 0.299 e. The lowest BCUT2D eigenvalue weighted by molar-refractivity contribution is 0.171.